The lowest BCUT2D eigenvalue weighted by molar-refractivity contribution is 0.159. The van der Waals surface area contributed by atoms with E-state index in [1.165, 1.54) is 12.8 Å². The standard InChI is InChI=1S/C12H25NO2/c1-10(4-6-14-3)12(13-2)8-11-5-7-15-9-11/h10-13H,4-9H2,1-3H3. The SMILES string of the molecule is CNC(CC1CCOC1)C(C)CCOC. The molecule has 1 fully saturated rings. The fourth-order valence-electron chi connectivity index (χ4n) is 2.27. The van der Waals surface area contributed by atoms with Crippen molar-refractivity contribution >= 4 is 0 Å². The van der Waals surface area contributed by atoms with Crippen LogP contribution in [0.4, 0.5) is 0 Å². The lowest BCUT2D eigenvalue weighted by Crippen LogP contribution is -2.34. The van der Waals surface area contributed by atoms with Crippen LogP contribution in [0.25, 0.3) is 0 Å². The fraction of sp³-hybridized carbons (Fsp3) is 1.00. The van der Waals surface area contributed by atoms with E-state index in [-0.39, 0.29) is 0 Å². The summed E-state index contributed by atoms with van der Waals surface area (Å²) in [6.07, 6.45) is 3.60. The molecule has 3 heteroatoms. The first-order valence-corrected chi connectivity index (χ1v) is 6.01. The van der Waals surface area contributed by atoms with Crippen LogP contribution in [-0.2, 0) is 9.47 Å². The van der Waals surface area contributed by atoms with E-state index in [1.54, 1.807) is 7.11 Å². The molecule has 15 heavy (non-hydrogen) atoms. The van der Waals surface area contributed by atoms with Crippen molar-refractivity contribution in [2.75, 3.05) is 34.0 Å². The molecule has 0 aromatic carbocycles. The molecule has 1 N–H and O–H groups in total. The Hall–Kier alpha value is -0.120. The zero-order valence-corrected chi connectivity index (χ0v) is 10.3. The van der Waals surface area contributed by atoms with Crippen molar-refractivity contribution in [3.05, 3.63) is 0 Å². The van der Waals surface area contributed by atoms with Crippen LogP contribution in [0.15, 0.2) is 0 Å². The van der Waals surface area contributed by atoms with E-state index in [9.17, 15) is 0 Å². The summed E-state index contributed by atoms with van der Waals surface area (Å²) in [5.41, 5.74) is 0. The van der Waals surface area contributed by atoms with Crippen molar-refractivity contribution in [1.29, 1.82) is 0 Å². The van der Waals surface area contributed by atoms with Crippen LogP contribution >= 0.6 is 0 Å². The van der Waals surface area contributed by atoms with Crippen LogP contribution in [0, 0.1) is 11.8 Å². The van der Waals surface area contributed by atoms with Gasteiger partial charge in [-0.25, -0.2) is 0 Å². The molecule has 3 unspecified atom stereocenters. The number of hydrogen-bond donors (Lipinski definition) is 1. The first-order chi connectivity index (χ1) is 7.27. The highest BCUT2D eigenvalue weighted by Gasteiger charge is 2.23. The second-order valence-corrected chi connectivity index (χ2v) is 4.62. The number of rotatable bonds is 7. The minimum absolute atomic E-state index is 0.604. The summed E-state index contributed by atoms with van der Waals surface area (Å²) < 4.78 is 10.5. The predicted molar refractivity (Wildman–Crippen MR) is 62.0 cm³/mol. The van der Waals surface area contributed by atoms with Gasteiger partial charge in [0.25, 0.3) is 0 Å². The van der Waals surface area contributed by atoms with E-state index in [0.29, 0.717) is 12.0 Å². The van der Waals surface area contributed by atoms with Crippen molar-refractivity contribution in [2.24, 2.45) is 11.8 Å². The van der Waals surface area contributed by atoms with Gasteiger partial charge in [-0.1, -0.05) is 6.92 Å². The van der Waals surface area contributed by atoms with Gasteiger partial charge in [0.15, 0.2) is 0 Å². The third-order valence-corrected chi connectivity index (χ3v) is 3.45. The van der Waals surface area contributed by atoms with Crippen molar-refractivity contribution in [3.63, 3.8) is 0 Å². The molecule has 1 heterocycles. The molecule has 1 saturated heterocycles. The van der Waals surface area contributed by atoms with E-state index in [4.69, 9.17) is 9.47 Å². The summed E-state index contributed by atoms with van der Waals surface area (Å²) in [7, 11) is 3.83. The molecule has 0 aromatic rings. The van der Waals surface area contributed by atoms with Crippen molar-refractivity contribution in [3.8, 4) is 0 Å². The predicted octanol–water partition coefficient (Wildman–Crippen LogP) is 1.67. The van der Waals surface area contributed by atoms with E-state index in [1.807, 2.05) is 0 Å². The maximum atomic E-state index is 5.41. The molecule has 1 aliphatic rings. The van der Waals surface area contributed by atoms with Crippen LogP contribution in [-0.4, -0.2) is 40.0 Å². The second-order valence-electron chi connectivity index (χ2n) is 4.62. The van der Waals surface area contributed by atoms with Crippen LogP contribution in [0.3, 0.4) is 0 Å². The maximum Gasteiger partial charge on any atom is 0.0495 e. The molecule has 0 radical (unpaired) electrons. The van der Waals surface area contributed by atoms with Crippen molar-refractivity contribution in [1.82, 2.24) is 5.32 Å². The Morgan fingerprint density at radius 2 is 2.33 bits per heavy atom. The quantitative estimate of drug-likeness (QED) is 0.701. The zero-order valence-electron chi connectivity index (χ0n) is 10.3. The van der Waals surface area contributed by atoms with Crippen LogP contribution in [0.2, 0.25) is 0 Å². The molecule has 1 rings (SSSR count). The maximum absolute atomic E-state index is 5.41. The van der Waals surface area contributed by atoms with Gasteiger partial charge < -0.3 is 14.8 Å². The number of ether oxygens (including phenoxy) is 2. The van der Waals surface area contributed by atoms with E-state index in [0.717, 1.165) is 32.2 Å². The molecule has 90 valence electrons. The Bertz CT molecular complexity index is 158. The van der Waals surface area contributed by atoms with Gasteiger partial charge in [0, 0.05) is 33.0 Å². The molecule has 0 bridgehead atoms. The average Bonchev–Trinajstić information content (AvgIpc) is 2.75. The van der Waals surface area contributed by atoms with Gasteiger partial charge in [-0.3, -0.25) is 0 Å². The molecule has 0 aliphatic carbocycles. The summed E-state index contributed by atoms with van der Waals surface area (Å²) >= 11 is 0. The number of methoxy groups -OCH3 is 1. The van der Waals surface area contributed by atoms with Gasteiger partial charge in [-0.15, -0.1) is 0 Å². The van der Waals surface area contributed by atoms with Crippen LogP contribution < -0.4 is 5.32 Å². The molecule has 3 atom stereocenters. The molecule has 0 amide bonds. The molecular formula is C12H25NO2. The topological polar surface area (TPSA) is 30.5 Å². The lowest BCUT2D eigenvalue weighted by Gasteiger charge is -2.25. The third kappa shape index (κ3) is 4.49. The monoisotopic (exact) mass is 215 g/mol. The largest absolute Gasteiger partial charge is 0.385 e. The summed E-state index contributed by atoms with van der Waals surface area (Å²) in [5, 5.41) is 3.43. The highest BCUT2D eigenvalue weighted by atomic mass is 16.5. The van der Waals surface area contributed by atoms with Crippen molar-refractivity contribution in [2.45, 2.75) is 32.2 Å². The number of nitrogens with one attached hydrogen (secondary N) is 1. The number of hydrogen-bond acceptors (Lipinski definition) is 3. The average molecular weight is 215 g/mol. The van der Waals surface area contributed by atoms with Crippen LogP contribution in [0.5, 0.6) is 0 Å². The van der Waals surface area contributed by atoms with Gasteiger partial charge in [-0.2, -0.15) is 0 Å². The first kappa shape index (κ1) is 12.9. The van der Waals surface area contributed by atoms with E-state index >= 15 is 0 Å². The minimum atomic E-state index is 0.604. The Labute approximate surface area is 93.5 Å². The molecule has 3 nitrogen and oxygen atoms in total. The lowest BCUT2D eigenvalue weighted by atomic mass is 9.89. The van der Waals surface area contributed by atoms with E-state index < -0.39 is 0 Å². The summed E-state index contributed by atoms with van der Waals surface area (Å²) in [5.74, 6) is 1.43. The van der Waals surface area contributed by atoms with Gasteiger partial charge in [0.05, 0.1) is 0 Å². The van der Waals surface area contributed by atoms with E-state index in [2.05, 4.69) is 19.3 Å². The zero-order chi connectivity index (χ0) is 11.1. The van der Waals surface area contributed by atoms with Gasteiger partial charge >= 0.3 is 0 Å². The normalized spacial score (nSPS) is 25.4. The molecule has 0 spiro atoms. The molecule has 0 aromatic heterocycles. The van der Waals surface area contributed by atoms with Crippen molar-refractivity contribution < 1.29 is 9.47 Å². The van der Waals surface area contributed by atoms with Gasteiger partial charge in [0.2, 0.25) is 0 Å². The first-order valence-electron chi connectivity index (χ1n) is 6.01. The molecular weight excluding hydrogens is 190 g/mol. The van der Waals surface area contributed by atoms with Crippen LogP contribution in [0.1, 0.15) is 26.2 Å². The minimum Gasteiger partial charge on any atom is -0.385 e. The second kappa shape index (κ2) is 7.20. The summed E-state index contributed by atoms with van der Waals surface area (Å²) in [6, 6.07) is 0.604. The Kier molecular flexibility index (Phi) is 6.22. The fourth-order valence-corrected chi connectivity index (χ4v) is 2.27. The van der Waals surface area contributed by atoms with Gasteiger partial charge in [-0.05, 0) is 38.1 Å². The molecule has 0 saturated carbocycles. The Morgan fingerprint density at radius 1 is 1.53 bits per heavy atom. The highest BCUT2D eigenvalue weighted by Crippen LogP contribution is 2.22. The molecule has 1 aliphatic heterocycles. The Balaban J connectivity index is 2.26. The summed E-state index contributed by atoms with van der Waals surface area (Å²) in [6.45, 7) is 5.07. The summed E-state index contributed by atoms with van der Waals surface area (Å²) in [4.78, 5) is 0. The highest BCUT2D eigenvalue weighted by molar-refractivity contribution is 4.77. The Morgan fingerprint density at radius 3 is 2.87 bits per heavy atom. The smallest absolute Gasteiger partial charge is 0.0495 e. The van der Waals surface area contributed by atoms with Gasteiger partial charge in [0.1, 0.15) is 0 Å². The third-order valence-electron chi connectivity index (χ3n) is 3.45.